The summed E-state index contributed by atoms with van der Waals surface area (Å²) in [5.74, 6) is 1.38. The van der Waals surface area contributed by atoms with Crippen LogP contribution in [0.15, 0.2) is 0 Å². The van der Waals surface area contributed by atoms with Gasteiger partial charge in [0.05, 0.1) is 6.10 Å². The largest absolute Gasteiger partial charge is 0.486 e. The summed E-state index contributed by atoms with van der Waals surface area (Å²) in [7, 11) is 0. The van der Waals surface area contributed by atoms with Crippen molar-refractivity contribution in [1.29, 1.82) is 5.26 Å². The number of anilines is 2. The summed E-state index contributed by atoms with van der Waals surface area (Å²) in [6, 6.07) is 2.15. The third-order valence-electron chi connectivity index (χ3n) is 3.05. The lowest BCUT2D eigenvalue weighted by atomic mass is 10.2. The molecule has 0 aromatic carbocycles. The van der Waals surface area contributed by atoms with Gasteiger partial charge in [0.2, 0.25) is 0 Å². The SMILES string of the molecule is CC1CCN(c2sc(C#N)c(N)c2OC(C)C)C1. The molecule has 0 amide bonds. The topological polar surface area (TPSA) is 62.3 Å². The quantitative estimate of drug-likeness (QED) is 0.912. The maximum absolute atomic E-state index is 9.09. The van der Waals surface area contributed by atoms with Crippen molar-refractivity contribution in [3.05, 3.63) is 4.88 Å². The molecule has 0 bridgehead atoms. The summed E-state index contributed by atoms with van der Waals surface area (Å²) in [6.07, 6.45) is 1.24. The van der Waals surface area contributed by atoms with Crippen LogP contribution in [-0.4, -0.2) is 19.2 Å². The summed E-state index contributed by atoms with van der Waals surface area (Å²) < 4.78 is 5.80. The van der Waals surface area contributed by atoms with E-state index in [2.05, 4.69) is 17.9 Å². The molecule has 1 atom stereocenters. The Morgan fingerprint density at radius 1 is 1.56 bits per heavy atom. The fourth-order valence-corrected chi connectivity index (χ4v) is 3.16. The van der Waals surface area contributed by atoms with E-state index in [4.69, 9.17) is 15.7 Å². The molecule has 1 aromatic heterocycles. The van der Waals surface area contributed by atoms with E-state index in [1.807, 2.05) is 13.8 Å². The van der Waals surface area contributed by atoms with Crippen LogP contribution in [0, 0.1) is 17.2 Å². The second-order valence-electron chi connectivity index (χ2n) is 5.10. The number of thiophene rings is 1. The smallest absolute Gasteiger partial charge is 0.178 e. The first kappa shape index (κ1) is 13.0. The van der Waals surface area contributed by atoms with Gasteiger partial charge >= 0.3 is 0 Å². The van der Waals surface area contributed by atoms with Crippen molar-refractivity contribution in [3.63, 3.8) is 0 Å². The van der Waals surface area contributed by atoms with Gasteiger partial charge in [-0.1, -0.05) is 6.92 Å². The van der Waals surface area contributed by atoms with Crippen molar-refractivity contribution >= 4 is 22.0 Å². The number of hydrogen-bond donors (Lipinski definition) is 1. The van der Waals surface area contributed by atoms with Gasteiger partial charge in [-0.25, -0.2) is 0 Å². The summed E-state index contributed by atoms with van der Waals surface area (Å²) in [6.45, 7) is 8.21. The predicted molar refractivity (Wildman–Crippen MR) is 75.2 cm³/mol. The van der Waals surface area contributed by atoms with E-state index in [0.717, 1.165) is 18.1 Å². The Balaban J connectivity index is 2.36. The standard InChI is InChI=1S/C13H19N3OS/c1-8(2)17-12-11(15)10(6-14)18-13(12)16-5-4-9(3)7-16/h8-9H,4-5,7,15H2,1-3H3. The molecule has 18 heavy (non-hydrogen) atoms. The Hall–Kier alpha value is -1.41. The first-order valence-corrected chi connectivity index (χ1v) is 7.08. The molecule has 1 unspecified atom stereocenters. The normalized spacial score (nSPS) is 19.3. The minimum absolute atomic E-state index is 0.0622. The number of nitrogens with zero attached hydrogens (tertiary/aromatic N) is 2. The molecule has 1 aliphatic rings. The lowest BCUT2D eigenvalue weighted by molar-refractivity contribution is 0.245. The molecule has 98 valence electrons. The van der Waals surface area contributed by atoms with Gasteiger partial charge in [-0.2, -0.15) is 5.26 Å². The molecule has 1 saturated heterocycles. The van der Waals surface area contributed by atoms with E-state index >= 15 is 0 Å². The van der Waals surface area contributed by atoms with Gasteiger partial charge < -0.3 is 15.4 Å². The van der Waals surface area contributed by atoms with Gasteiger partial charge in [0.25, 0.3) is 0 Å². The zero-order chi connectivity index (χ0) is 13.3. The van der Waals surface area contributed by atoms with E-state index in [9.17, 15) is 0 Å². The van der Waals surface area contributed by atoms with Gasteiger partial charge in [-0.05, 0) is 26.2 Å². The molecular weight excluding hydrogens is 246 g/mol. The maximum atomic E-state index is 9.09. The molecule has 1 aliphatic heterocycles. The van der Waals surface area contributed by atoms with Gasteiger partial charge in [0.15, 0.2) is 5.75 Å². The minimum atomic E-state index is 0.0622. The van der Waals surface area contributed by atoms with Crippen LogP contribution in [0.3, 0.4) is 0 Å². The molecular formula is C13H19N3OS. The molecule has 0 aliphatic carbocycles. The van der Waals surface area contributed by atoms with Crippen molar-refractivity contribution in [2.24, 2.45) is 5.92 Å². The first-order valence-electron chi connectivity index (χ1n) is 6.26. The average molecular weight is 265 g/mol. The predicted octanol–water partition coefficient (Wildman–Crippen LogP) is 2.84. The third-order valence-corrected chi connectivity index (χ3v) is 4.20. The fraction of sp³-hybridized carbons (Fsp3) is 0.615. The fourth-order valence-electron chi connectivity index (χ4n) is 2.18. The zero-order valence-electron chi connectivity index (χ0n) is 11.1. The summed E-state index contributed by atoms with van der Waals surface area (Å²) >= 11 is 1.44. The highest BCUT2D eigenvalue weighted by molar-refractivity contribution is 7.17. The lowest BCUT2D eigenvalue weighted by Crippen LogP contribution is -2.19. The van der Waals surface area contributed by atoms with Crippen molar-refractivity contribution in [2.75, 3.05) is 23.7 Å². The summed E-state index contributed by atoms with van der Waals surface area (Å²) in [5.41, 5.74) is 6.49. The molecule has 1 fully saturated rings. The van der Waals surface area contributed by atoms with Crippen LogP contribution < -0.4 is 15.4 Å². The molecule has 2 rings (SSSR count). The van der Waals surface area contributed by atoms with E-state index < -0.39 is 0 Å². The van der Waals surface area contributed by atoms with Gasteiger partial charge in [-0.3, -0.25) is 0 Å². The van der Waals surface area contributed by atoms with E-state index in [0.29, 0.717) is 22.2 Å². The number of hydrogen-bond acceptors (Lipinski definition) is 5. The molecule has 0 radical (unpaired) electrons. The van der Waals surface area contributed by atoms with Crippen LogP contribution in [0.5, 0.6) is 5.75 Å². The van der Waals surface area contributed by atoms with Crippen LogP contribution in [0.2, 0.25) is 0 Å². The van der Waals surface area contributed by atoms with Crippen molar-refractivity contribution in [2.45, 2.75) is 33.3 Å². The van der Waals surface area contributed by atoms with Crippen LogP contribution in [-0.2, 0) is 0 Å². The Bertz CT molecular complexity index is 475. The number of rotatable bonds is 3. The number of nitrogen functional groups attached to an aromatic ring is 1. The second kappa shape index (κ2) is 5.07. The van der Waals surface area contributed by atoms with Crippen LogP contribution >= 0.6 is 11.3 Å². The van der Waals surface area contributed by atoms with Gasteiger partial charge in [0, 0.05) is 13.1 Å². The Morgan fingerprint density at radius 3 is 2.78 bits per heavy atom. The Kier molecular flexibility index (Phi) is 3.67. The van der Waals surface area contributed by atoms with Crippen molar-refractivity contribution < 1.29 is 4.74 Å². The Labute approximate surface area is 112 Å². The van der Waals surface area contributed by atoms with E-state index in [1.165, 1.54) is 17.8 Å². The molecule has 2 heterocycles. The molecule has 5 heteroatoms. The van der Waals surface area contributed by atoms with Gasteiger partial charge in [-0.15, -0.1) is 11.3 Å². The lowest BCUT2D eigenvalue weighted by Gasteiger charge is -2.19. The third kappa shape index (κ3) is 2.39. The monoisotopic (exact) mass is 265 g/mol. The highest BCUT2D eigenvalue weighted by Crippen LogP contribution is 2.46. The van der Waals surface area contributed by atoms with Crippen LogP contribution in [0.4, 0.5) is 10.7 Å². The van der Waals surface area contributed by atoms with Crippen molar-refractivity contribution in [3.8, 4) is 11.8 Å². The molecule has 4 nitrogen and oxygen atoms in total. The minimum Gasteiger partial charge on any atom is -0.486 e. The van der Waals surface area contributed by atoms with E-state index in [-0.39, 0.29) is 6.10 Å². The highest BCUT2D eigenvalue weighted by Gasteiger charge is 2.27. The number of nitrogens with two attached hydrogens (primary N) is 1. The van der Waals surface area contributed by atoms with Crippen molar-refractivity contribution in [1.82, 2.24) is 0 Å². The summed E-state index contributed by atoms with van der Waals surface area (Å²) in [5, 5.41) is 10.1. The molecule has 2 N–H and O–H groups in total. The van der Waals surface area contributed by atoms with Gasteiger partial charge in [0.1, 0.15) is 21.6 Å². The number of ether oxygens (including phenoxy) is 1. The first-order chi connectivity index (χ1) is 8.52. The van der Waals surface area contributed by atoms with Crippen LogP contribution in [0.25, 0.3) is 0 Å². The van der Waals surface area contributed by atoms with E-state index in [1.54, 1.807) is 0 Å². The number of nitriles is 1. The summed E-state index contributed by atoms with van der Waals surface area (Å²) in [4.78, 5) is 2.84. The highest BCUT2D eigenvalue weighted by atomic mass is 32.1. The average Bonchev–Trinajstić information content (AvgIpc) is 2.85. The molecule has 0 spiro atoms. The molecule has 0 saturated carbocycles. The Morgan fingerprint density at radius 2 is 2.28 bits per heavy atom. The zero-order valence-corrected chi connectivity index (χ0v) is 11.9. The second-order valence-corrected chi connectivity index (χ2v) is 6.10. The maximum Gasteiger partial charge on any atom is 0.178 e. The molecule has 1 aromatic rings. The van der Waals surface area contributed by atoms with Crippen LogP contribution in [0.1, 0.15) is 32.1 Å².